The summed E-state index contributed by atoms with van der Waals surface area (Å²) in [6, 6.07) is 24.8. The fourth-order valence-electron chi connectivity index (χ4n) is 10.6. The van der Waals surface area contributed by atoms with Crippen LogP contribution in [0.2, 0.25) is 0 Å². The summed E-state index contributed by atoms with van der Waals surface area (Å²) in [5.41, 5.74) is 30.0. The van der Waals surface area contributed by atoms with Gasteiger partial charge in [0, 0.05) is 10.8 Å². The topological polar surface area (TPSA) is 13.1 Å². The van der Waals surface area contributed by atoms with Gasteiger partial charge in [-0.3, -0.25) is 0 Å². The van der Waals surface area contributed by atoms with Gasteiger partial charge in [0.05, 0.1) is 0 Å². The van der Waals surface area contributed by atoms with Gasteiger partial charge in [-0.1, -0.05) is 109 Å². The van der Waals surface area contributed by atoms with Gasteiger partial charge >= 0.3 is 0 Å². The molecule has 1 heterocycles. The molecule has 0 aliphatic carbocycles. The molecule has 0 aliphatic heterocycles. The van der Waals surface area contributed by atoms with E-state index in [1.807, 2.05) is 0 Å². The highest BCUT2D eigenvalue weighted by atomic mass is 16.3. The van der Waals surface area contributed by atoms with Gasteiger partial charge in [0.2, 0.25) is 0 Å². The Labute approximate surface area is 356 Å². The van der Waals surface area contributed by atoms with Crippen LogP contribution in [0, 0.1) is 0 Å². The van der Waals surface area contributed by atoms with Crippen molar-refractivity contribution in [2.24, 2.45) is 0 Å². The summed E-state index contributed by atoms with van der Waals surface area (Å²) in [4.78, 5) is 0. The molecule has 0 saturated heterocycles. The predicted molar refractivity (Wildman–Crippen MR) is 305 cm³/mol. The van der Waals surface area contributed by atoms with E-state index < -0.39 is 0 Å². The summed E-state index contributed by atoms with van der Waals surface area (Å²) in [6.07, 6.45) is 0. The molecule has 0 radical (unpaired) electrons. The maximum atomic E-state index is 6.96. The summed E-state index contributed by atoms with van der Waals surface area (Å²) in [7, 11) is 34.8. The zero-order valence-electron chi connectivity index (χ0n) is 37.3. The maximum Gasteiger partial charge on any atom is 0.143 e. The Balaban J connectivity index is 1.51. The Morgan fingerprint density at radius 3 is 1.14 bits per heavy atom. The van der Waals surface area contributed by atoms with Crippen LogP contribution < -0.4 is 81.9 Å². The summed E-state index contributed by atoms with van der Waals surface area (Å²) in [5, 5.41) is 10.6. The predicted octanol–water partition coefficient (Wildman–Crippen LogP) is -14.1. The van der Waals surface area contributed by atoms with E-state index in [4.69, 9.17) is 4.42 Å². The molecule has 0 unspecified atom stereocenters. The number of hydrogen-bond acceptors (Lipinski definition) is 1. The van der Waals surface area contributed by atoms with Crippen molar-refractivity contribution in [3.05, 3.63) is 66.7 Å². The van der Waals surface area contributed by atoms with Crippen molar-refractivity contribution in [2.45, 2.75) is 0 Å². The van der Waals surface area contributed by atoms with Crippen LogP contribution in [-0.4, -0.2) is 118 Å². The first-order chi connectivity index (χ1) is 27.6. The van der Waals surface area contributed by atoms with Gasteiger partial charge in [-0.15, -0.1) is 27.3 Å². The highest BCUT2D eigenvalue weighted by Crippen LogP contribution is 2.41. The molecular weight excluding hydrogens is 683 g/mol. The number of hydrogen-bond donors (Lipinski definition) is 0. The quantitative estimate of drug-likeness (QED) is 0.131. The van der Waals surface area contributed by atoms with Gasteiger partial charge in [-0.2, -0.15) is 0 Å². The van der Waals surface area contributed by atoms with Crippen molar-refractivity contribution < 1.29 is 4.42 Å². The van der Waals surface area contributed by atoms with Crippen LogP contribution in [-0.2, 0) is 0 Å². The second-order valence-corrected chi connectivity index (χ2v) is 17.7. The van der Waals surface area contributed by atoms with Gasteiger partial charge in [-0.05, 0) is 77.8 Å². The Hall–Kier alpha value is -4.69. The molecule has 16 heteroatoms. The molecule has 8 aromatic carbocycles. The van der Waals surface area contributed by atoms with Gasteiger partial charge in [0.15, 0.2) is 0 Å². The summed E-state index contributed by atoms with van der Waals surface area (Å²) >= 11 is 0. The first-order valence-corrected chi connectivity index (χ1v) is 21.0. The summed E-state index contributed by atoms with van der Waals surface area (Å²) in [6.45, 7) is 0. The van der Waals surface area contributed by atoms with E-state index in [2.05, 4.69) is 184 Å². The van der Waals surface area contributed by atoms with Crippen LogP contribution in [0.25, 0.3) is 87.6 Å². The number of rotatable bonds is 3. The molecule has 1 nitrogen and oxygen atoms in total. The van der Waals surface area contributed by atoms with E-state index >= 15 is 0 Å². The zero-order valence-corrected chi connectivity index (χ0v) is 37.3. The smallest absolute Gasteiger partial charge is 0.143 e. The van der Waals surface area contributed by atoms with Crippen LogP contribution in [0.1, 0.15) is 0 Å². The normalized spacial score (nSPS) is 11.8. The lowest BCUT2D eigenvalue weighted by molar-refractivity contribution is 0.675. The van der Waals surface area contributed by atoms with E-state index in [0.717, 1.165) is 11.2 Å². The minimum Gasteiger partial charge on any atom is -0.457 e. The molecule has 0 atom stereocenters. The Morgan fingerprint density at radius 1 is 0.259 bits per heavy atom. The van der Waals surface area contributed by atoms with E-state index in [0.29, 0.717) is 0 Å². The highest BCUT2D eigenvalue weighted by Gasteiger charge is 2.29. The molecule has 58 heavy (non-hydrogen) atoms. The van der Waals surface area contributed by atoms with Crippen LogP contribution in [0.5, 0.6) is 0 Å². The lowest BCUT2D eigenvalue weighted by Crippen LogP contribution is -2.50. The number of fused-ring (bicyclic) bond motifs is 6. The average molecular weight is 724 g/mol. The third-order valence-corrected chi connectivity index (χ3v) is 15.2. The monoisotopic (exact) mass is 726 g/mol. The second-order valence-electron chi connectivity index (χ2n) is 17.7. The molecule has 0 saturated carbocycles. The van der Waals surface area contributed by atoms with Crippen LogP contribution >= 0.6 is 0 Å². The molecule has 260 valence electrons. The minimum atomic E-state index is 1.03. The summed E-state index contributed by atoms with van der Waals surface area (Å²) < 4.78 is 6.96. The molecule has 0 spiro atoms. The Bertz CT molecular complexity index is 3260. The van der Waals surface area contributed by atoms with Crippen LogP contribution in [0.4, 0.5) is 0 Å². The summed E-state index contributed by atoms with van der Waals surface area (Å²) in [5.74, 6) is 0. The standard InChI is InChI=1S/C42H41B15O/c43-26-23(31(48)39(56)41-24(26)25-32(49)37(54)38(55)40(57)42(25)58-41)18-21-19(27(44)33(50)35(52)29(21)46)17(20-22(18)30(47)36(53)34(51)28(20)45)16-9-8-14-10-13(6-7-15(14)11-16)12-4-2-1-3-5-12/h1-11H,43-57H2. The van der Waals surface area contributed by atoms with Crippen LogP contribution in [0.15, 0.2) is 71.1 Å². The zero-order chi connectivity index (χ0) is 41.4. The SMILES string of the molecule is Bc1c(B)c(B)c2c(oc3c(B)c(B)c(-c4c5c(B)c(B)c(B)c(B)c5c(-c5ccc6cc(-c7ccccc7)ccc6c5)c5c(B)c(B)c(B)c(B)c45)c(B)c32)c1B. The third kappa shape index (κ3) is 5.25. The molecular formula is C42H41B15O. The average Bonchev–Trinajstić information content (AvgIpc) is 3.65. The second kappa shape index (κ2) is 13.7. The molecule has 9 aromatic rings. The van der Waals surface area contributed by atoms with E-state index in [9.17, 15) is 0 Å². The first kappa shape index (κ1) is 38.8. The fourth-order valence-corrected chi connectivity index (χ4v) is 10.6. The van der Waals surface area contributed by atoms with Crippen molar-refractivity contribution in [1.29, 1.82) is 0 Å². The lowest BCUT2D eigenvalue weighted by atomic mass is 9.58. The van der Waals surface area contributed by atoms with Crippen molar-refractivity contribution in [3.63, 3.8) is 0 Å². The van der Waals surface area contributed by atoms with Gasteiger partial charge in [-0.25, -0.2) is 0 Å². The Morgan fingerprint density at radius 2 is 0.638 bits per heavy atom. The van der Waals surface area contributed by atoms with E-state index in [1.54, 1.807) is 0 Å². The van der Waals surface area contributed by atoms with Crippen molar-refractivity contribution in [3.8, 4) is 33.4 Å². The fraction of sp³-hybridized carbons (Fsp3) is 0. The molecule has 0 N–H and O–H groups in total. The third-order valence-electron chi connectivity index (χ3n) is 15.2. The van der Waals surface area contributed by atoms with E-state index in [-0.39, 0.29) is 0 Å². The number of furan rings is 1. The molecule has 1 aromatic heterocycles. The minimum absolute atomic E-state index is 1.03. The van der Waals surface area contributed by atoms with E-state index in [1.165, 1.54) is 158 Å². The number of benzene rings is 8. The molecule has 9 rings (SSSR count). The van der Waals surface area contributed by atoms with Gasteiger partial charge < -0.3 is 4.42 Å². The maximum absolute atomic E-state index is 6.96. The van der Waals surface area contributed by atoms with Crippen molar-refractivity contribution >= 4 is 254 Å². The largest absolute Gasteiger partial charge is 0.457 e. The van der Waals surface area contributed by atoms with Gasteiger partial charge in [0.1, 0.15) is 129 Å². The van der Waals surface area contributed by atoms with Gasteiger partial charge in [0.25, 0.3) is 0 Å². The van der Waals surface area contributed by atoms with Crippen molar-refractivity contribution in [2.75, 3.05) is 0 Å². The highest BCUT2D eigenvalue weighted by molar-refractivity contribution is 6.73. The molecule has 0 amide bonds. The molecule has 0 fully saturated rings. The molecule has 0 aliphatic rings. The van der Waals surface area contributed by atoms with Crippen molar-refractivity contribution in [1.82, 2.24) is 0 Å². The molecule has 0 bridgehead atoms. The van der Waals surface area contributed by atoms with Crippen LogP contribution in [0.3, 0.4) is 0 Å². The first-order valence-electron chi connectivity index (χ1n) is 21.0. The lowest BCUT2D eigenvalue weighted by Gasteiger charge is -2.30. The Kier molecular flexibility index (Phi) is 9.16.